The molecule has 0 bridgehead atoms. The van der Waals surface area contributed by atoms with E-state index in [1.54, 1.807) is 0 Å². The zero-order valence-electron chi connectivity index (χ0n) is 11.9. The number of unbranched alkanes of at least 4 members (excludes halogenated alkanes) is 1. The van der Waals surface area contributed by atoms with Crippen LogP contribution in [0.4, 0.5) is 0 Å². The Morgan fingerprint density at radius 1 is 1.24 bits per heavy atom. The van der Waals surface area contributed by atoms with E-state index in [9.17, 15) is 9.59 Å². The predicted octanol–water partition coefficient (Wildman–Crippen LogP) is 2.24. The van der Waals surface area contributed by atoms with Crippen molar-refractivity contribution in [1.82, 2.24) is 5.32 Å². The average Bonchev–Trinajstić information content (AvgIpc) is 2.90. The Labute approximate surface area is 123 Å². The van der Waals surface area contributed by atoms with Crippen molar-refractivity contribution < 1.29 is 24.2 Å². The van der Waals surface area contributed by atoms with Crippen molar-refractivity contribution in [3.8, 4) is 11.5 Å². The van der Waals surface area contributed by atoms with Gasteiger partial charge in [-0.1, -0.05) is 6.07 Å². The second-order valence-electron chi connectivity index (χ2n) is 5.00. The van der Waals surface area contributed by atoms with Crippen molar-refractivity contribution in [1.29, 1.82) is 0 Å². The number of hydrogen-bond acceptors (Lipinski definition) is 4. The summed E-state index contributed by atoms with van der Waals surface area (Å²) in [7, 11) is 0. The first-order valence-electron chi connectivity index (χ1n) is 6.97. The predicted molar refractivity (Wildman–Crippen MR) is 75.2 cm³/mol. The number of carbonyl (C=O) groups excluding carboxylic acids is 1. The molecule has 0 saturated heterocycles. The molecular weight excluding hydrogens is 274 g/mol. The number of amides is 1. The molecule has 21 heavy (non-hydrogen) atoms. The molecule has 2 rings (SSSR count). The highest BCUT2D eigenvalue weighted by Gasteiger charge is 2.16. The average molecular weight is 293 g/mol. The first kappa shape index (κ1) is 15.2. The molecule has 0 aliphatic carbocycles. The summed E-state index contributed by atoms with van der Waals surface area (Å²) in [5.74, 6) is 0.496. The van der Waals surface area contributed by atoms with Gasteiger partial charge in [0.1, 0.15) is 0 Å². The zero-order valence-corrected chi connectivity index (χ0v) is 11.9. The summed E-state index contributed by atoms with van der Waals surface area (Å²) in [6, 6.07) is 5.44. The van der Waals surface area contributed by atoms with Crippen molar-refractivity contribution in [2.75, 3.05) is 6.79 Å². The minimum Gasteiger partial charge on any atom is -0.481 e. The van der Waals surface area contributed by atoms with Crippen molar-refractivity contribution in [3.63, 3.8) is 0 Å². The van der Waals surface area contributed by atoms with E-state index >= 15 is 0 Å². The van der Waals surface area contributed by atoms with E-state index in [0.29, 0.717) is 30.8 Å². The quantitative estimate of drug-likeness (QED) is 0.753. The molecule has 0 spiro atoms. The van der Waals surface area contributed by atoms with Crippen molar-refractivity contribution in [3.05, 3.63) is 23.8 Å². The molecule has 114 valence electrons. The molecule has 1 aliphatic rings. The third-order valence-corrected chi connectivity index (χ3v) is 3.32. The lowest BCUT2D eigenvalue weighted by atomic mass is 10.1. The smallest absolute Gasteiger partial charge is 0.303 e. The molecule has 0 saturated carbocycles. The lowest BCUT2D eigenvalue weighted by Crippen LogP contribution is -2.26. The number of rotatable bonds is 7. The summed E-state index contributed by atoms with van der Waals surface area (Å²) in [5.41, 5.74) is 0.943. The number of aliphatic carboxylic acids is 1. The zero-order chi connectivity index (χ0) is 15.2. The van der Waals surface area contributed by atoms with Crippen LogP contribution in [-0.4, -0.2) is 23.8 Å². The van der Waals surface area contributed by atoms with Gasteiger partial charge in [-0.25, -0.2) is 0 Å². The van der Waals surface area contributed by atoms with Crippen LogP contribution in [0.15, 0.2) is 18.2 Å². The largest absolute Gasteiger partial charge is 0.481 e. The maximum absolute atomic E-state index is 11.8. The van der Waals surface area contributed by atoms with E-state index in [0.717, 1.165) is 5.56 Å². The highest BCUT2D eigenvalue weighted by atomic mass is 16.7. The SMILES string of the molecule is CC(NC(=O)CCCCC(=O)O)c1ccc2c(c1)OCO2. The summed E-state index contributed by atoms with van der Waals surface area (Å²) in [4.78, 5) is 22.2. The molecule has 2 N–H and O–H groups in total. The summed E-state index contributed by atoms with van der Waals surface area (Å²) in [5, 5.41) is 11.4. The molecule has 1 heterocycles. The molecule has 1 aromatic carbocycles. The fraction of sp³-hybridized carbons (Fsp3) is 0.467. The Morgan fingerprint density at radius 3 is 2.71 bits per heavy atom. The Balaban J connectivity index is 1.79. The standard InChI is InChI=1S/C15H19NO5/c1-10(16-14(17)4-2-3-5-15(18)19)11-6-7-12-13(8-11)21-9-20-12/h6-8,10H,2-5,9H2,1H3,(H,16,17)(H,18,19). The Morgan fingerprint density at radius 2 is 1.95 bits per heavy atom. The number of hydrogen-bond donors (Lipinski definition) is 2. The molecule has 0 radical (unpaired) electrons. The van der Waals surface area contributed by atoms with Gasteiger partial charge in [0.2, 0.25) is 12.7 Å². The van der Waals surface area contributed by atoms with E-state index in [1.165, 1.54) is 0 Å². The molecule has 1 atom stereocenters. The van der Waals surface area contributed by atoms with Gasteiger partial charge < -0.3 is 19.9 Å². The van der Waals surface area contributed by atoms with Crippen LogP contribution in [0.5, 0.6) is 11.5 Å². The number of carboxylic acid groups (broad SMARTS) is 1. The van der Waals surface area contributed by atoms with Crippen molar-refractivity contribution in [2.24, 2.45) is 0 Å². The first-order valence-corrected chi connectivity index (χ1v) is 6.97. The first-order chi connectivity index (χ1) is 10.1. The second kappa shape index (κ2) is 6.97. The van der Waals surface area contributed by atoms with Crippen LogP contribution in [-0.2, 0) is 9.59 Å². The molecule has 0 aromatic heterocycles. The topological polar surface area (TPSA) is 84.9 Å². The van der Waals surface area contributed by atoms with Crippen LogP contribution in [0.25, 0.3) is 0 Å². The van der Waals surface area contributed by atoms with E-state index in [4.69, 9.17) is 14.6 Å². The number of carbonyl (C=O) groups is 2. The molecule has 6 heteroatoms. The van der Waals surface area contributed by atoms with Gasteiger partial charge in [0.25, 0.3) is 0 Å². The van der Waals surface area contributed by atoms with Gasteiger partial charge in [-0.15, -0.1) is 0 Å². The molecule has 1 aliphatic heterocycles. The number of benzene rings is 1. The van der Waals surface area contributed by atoms with Crippen LogP contribution < -0.4 is 14.8 Å². The molecular formula is C15H19NO5. The van der Waals surface area contributed by atoms with Crippen molar-refractivity contribution in [2.45, 2.75) is 38.6 Å². The Hall–Kier alpha value is -2.24. The lowest BCUT2D eigenvalue weighted by Gasteiger charge is -2.14. The summed E-state index contributed by atoms with van der Waals surface area (Å²) in [6.07, 6.45) is 1.53. The highest BCUT2D eigenvalue weighted by molar-refractivity contribution is 5.76. The van der Waals surface area contributed by atoms with E-state index in [1.807, 2.05) is 25.1 Å². The number of ether oxygens (including phenoxy) is 2. The summed E-state index contributed by atoms with van der Waals surface area (Å²) >= 11 is 0. The van der Waals surface area contributed by atoms with Gasteiger partial charge >= 0.3 is 5.97 Å². The summed E-state index contributed by atoms with van der Waals surface area (Å²) < 4.78 is 10.5. The molecule has 1 aromatic rings. The van der Waals surface area contributed by atoms with Gasteiger partial charge in [-0.05, 0) is 37.5 Å². The van der Waals surface area contributed by atoms with Crippen LogP contribution in [0.2, 0.25) is 0 Å². The Kier molecular flexibility index (Phi) is 5.03. The molecule has 6 nitrogen and oxygen atoms in total. The fourth-order valence-electron chi connectivity index (χ4n) is 2.14. The van der Waals surface area contributed by atoms with Crippen LogP contribution in [0.3, 0.4) is 0 Å². The van der Waals surface area contributed by atoms with Crippen LogP contribution >= 0.6 is 0 Å². The molecule has 1 unspecified atom stereocenters. The highest BCUT2D eigenvalue weighted by Crippen LogP contribution is 2.34. The third kappa shape index (κ3) is 4.37. The maximum atomic E-state index is 11.8. The molecule has 0 fully saturated rings. The van der Waals surface area contributed by atoms with Gasteiger partial charge in [-0.3, -0.25) is 9.59 Å². The van der Waals surface area contributed by atoms with Gasteiger partial charge in [-0.2, -0.15) is 0 Å². The maximum Gasteiger partial charge on any atom is 0.303 e. The van der Waals surface area contributed by atoms with Gasteiger partial charge in [0, 0.05) is 12.8 Å². The number of carboxylic acids is 1. The third-order valence-electron chi connectivity index (χ3n) is 3.32. The van der Waals surface area contributed by atoms with E-state index in [-0.39, 0.29) is 25.2 Å². The lowest BCUT2D eigenvalue weighted by molar-refractivity contribution is -0.137. The fourth-order valence-corrected chi connectivity index (χ4v) is 2.14. The number of fused-ring (bicyclic) bond motifs is 1. The van der Waals surface area contributed by atoms with E-state index in [2.05, 4.69) is 5.32 Å². The van der Waals surface area contributed by atoms with Gasteiger partial charge in [0.15, 0.2) is 11.5 Å². The minimum absolute atomic E-state index is 0.0782. The van der Waals surface area contributed by atoms with Crippen molar-refractivity contribution >= 4 is 11.9 Å². The normalized spacial score (nSPS) is 13.8. The minimum atomic E-state index is -0.830. The number of nitrogens with one attached hydrogen (secondary N) is 1. The van der Waals surface area contributed by atoms with Crippen LogP contribution in [0, 0.1) is 0 Å². The van der Waals surface area contributed by atoms with Crippen LogP contribution in [0.1, 0.15) is 44.2 Å². The monoisotopic (exact) mass is 293 g/mol. The van der Waals surface area contributed by atoms with E-state index < -0.39 is 5.97 Å². The molecule has 1 amide bonds. The summed E-state index contributed by atoms with van der Waals surface area (Å²) in [6.45, 7) is 2.12. The van der Waals surface area contributed by atoms with Gasteiger partial charge in [0.05, 0.1) is 6.04 Å². The second-order valence-corrected chi connectivity index (χ2v) is 5.00. The Bertz CT molecular complexity index is 529.